The van der Waals surface area contributed by atoms with Crippen molar-refractivity contribution in [2.75, 3.05) is 13.1 Å². The molecule has 3 N–H and O–H groups in total. The molecule has 3 aromatic carbocycles. The zero-order valence-corrected chi connectivity index (χ0v) is 17.0. The van der Waals surface area contributed by atoms with Gasteiger partial charge >= 0.3 is 0 Å². The highest BCUT2D eigenvalue weighted by Gasteiger charge is 2.19. The number of carbonyl (C=O) groups excluding carboxylic acids is 1. The van der Waals surface area contributed by atoms with Crippen LogP contribution in [0, 0.1) is 5.82 Å². The quantitative estimate of drug-likeness (QED) is 0.558. The summed E-state index contributed by atoms with van der Waals surface area (Å²) in [6.07, 6.45) is 0. The van der Waals surface area contributed by atoms with E-state index in [4.69, 9.17) is 22.1 Å². The van der Waals surface area contributed by atoms with Gasteiger partial charge in [-0.3, -0.25) is 4.79 Å². The van der Waals surface area contributed by atoms with Gasteiger partial charge in [-0.05, 0) is 35.9 Å². The minimum absolute atomic E-state index is 0.0338. The van der Waals surface area contributed by atoms with Gasteiger partial charge in [0.2, 0.25) is 0 Å². The third kappa shape index (κ3) is 5.49. The predicted molar refractivity (Wildman–Crippen MR) is 114 cm³/mol. The van der Waals surface area contributed by atoms with Crippen LogP contribution in [0.1, 0.15) is 21.5 Å². The second kappa shape index (κ2) is 10.1. The van der Waals surface area contributed by atoms with Crippen LogP contribution in [0.4, 0.5) is 4.39 Å². The molecule has 0 aliphatic rings. The number of phenolic OH excluding ortho intramolecular Hbond substituents is 1. The fourth-order valence-corrected chi connectivity index (χ4v) is 3.11. The van der Waals surface area contributed by atoms with Crippen LogP contribution in [0.2, 0.25) is 5.02 Å². The van der Waals surface area contributed by atoms with E-state index in [-0.39, 0.29) is 54.2 Å². The Hall–Kier alpha value is -3.09. The number of hydrogen-bond donors (Lipinski definition) is 2. The average Bonchev–Trinajstić information content (AvgIpc) is 2.74. The van der Waals surface area contributed by atoms with Crippen LogP contribution >= 0.6 is 11.6 Å². The van der Waals surface area contributed by atoms with Gasteiger partial charge in [0.1, 0.15) is 12.4 Å². The highest BCUT2D eigenvalue weighted by atomic mass is 35.5. The van der Waals surface area contributed by atoms with Gasteiger partial charge < -0.3 is 20.5 Å². The second-order valence-electron chi connectivity index (χ2n) is 6.71. The standard InChI is InChI=1S/C23H22ClFN2O3/c24-19-8-6-18(20(25)13-19)14-27(11-10-26)23(29)17-7-9-22(21(28)12-17)30-15-16-4-2-1-3-5-16/h1-9,12-13,28H,10-11,14-15,26H2. The largest absolute Gasteiger partial charge is 0.504 e. The summed E-state index contributed by atoms with van der Waals surface area (Å²) in [5, 5.41) is 10.6. The zero-order chi connectivity index (χ0) is 21.5. The molecule has 3 rings (SSSR count). The van der Waals surface area contributed by atoms with Gasteiger partial charge in [0.05, 0.1) is 0 Å². The Morgan fingerprint density at radius 3 is 2.53 bits per heavy atom. The summed E-state index contributed by atoms with van der Waals surface area (Å²) in [4.78, 5) is 14.4. The molecule has 0 bridgehead atoms. The van der Waals surface area contributed by atoms with Crippen LogP contribution < -0.4 is 10.5 Å². The second-order valence-corrected chi connectivity index (χ2v) is 7.14. The third-order valence-electron chi connectivity index (χ3n) is 4.51. The highest BCUT2D eigenvalue weighted by Crippen LogP contribution is 2.28. The van der Waals surface area contributed by atoms with Gasteiger partial charge in [0.15, 0.2) is 11.5 Å². The van der Waals surface area contributed by atoms with E-state index in [1.807, 2.05) is 30.3 Å². The van der Waals surface area contributed by atoms with Crippen molar-refractivity contribution < 1.29 is 19.0 Å². The lowest BCUT2D eigenvalue weighted by molar-refractivity contribution is 0.0746. The Bertz CT molecular complexity index is 1010. The first-order valence-corrected chi connectivity index (χ1v) is 9.78. The first-order chi connectivity index (χ1) is 14.5. The normalized spacial score (nSPS) is 10.6. The number of nitrogens with zero attached hydrogens (tertiary/aromatic N) is 1. The summed E-state index contributed by atoms with van der Waals surface area (Å²) in [6, 6.07) is 18.3. The number of amides is 1. The van der Waals surface area contributed by atoms with Crippen LogP contribution in [-0.4, -0.2) is 29.0 Å². The average molecular weight is 429 g/mol. The van der Waals surface area contributed by atoms with Crippen molar-refractivity contribution in [2.24, 2.45) is 5.73 Å². The molecule has 0 aliphatic carbocycles. The van der Waals surface area contributed by atoms with Gasteiger partial charge in [-0.15, -0.1) is 0 Å². The van der Waals surface area contributed by atoms with Gasteiger partial charge in [0.25, 0.3) is 5.91 Å². The van der Waals surface area contributed by atoms with E-state index in [1.165, 1.54) is 29.2 Å². The lowest BCUT2D eigenvalue weighted by atomic mass is 10.1. The van der Waals surface area contributed by atoms with E-state index in [0.717, 1.165) is 5.56 Å². The predicted octanol–water partition coefficient (Wildman–Crippen LogP) is 4.36. The number of nitrogens with two attached hydrogens (primary N) is 1. The van der Waals surface area contributed by atoms with Crippen LogP contribution in [0.25, 0.3) is 0 Å². The monoisotopic (exact) mass is 428 g/mol. The Labute approximate surface area is 179 Å². The first kappa shape index (κ1) is 21.6. The molecule has 5 nitrogen and oxygen atoms in total. The molecule has 0 heterocycles. The number of benzene rings is 3. The third-order valence-corrected chi connectivity index (χ3v) is 4.74. The van der Waals surface area contributed by atoms with Crippen molar-refractivity contribution in [3.05, 3.63) is 94.3 Å². The molecule has 3 aromatic rings. The van der Waals surface area contributed by atoms with E-state index < -0.39 is 5.82 Å². The molecule has 0 unspecified atom stereocenters. The Morgan fingerprint density at radius 2 is 1.87 bits per heavy atom. The lowest BCUT2D eigenvalue weighted by Gasteiger charge is -2.23. The van der Waals surface area contributed by atoms with Crippen molar-refractivity contribution in [3.63, 3.8) is 0 Å². The zero-order valence-electron chi connectivity index (χ0n) is 16.2. The Morgan fingerprint density at radius 1 is 1.10 bits per heavy atom. The molecule has 0 radical (unpaired) electrons. The van der Waals surface area contributed by atoms with Gasteiger partial charge in [-0.25, -0.2) is 4.39 Å². The van der Waals surface area contributed by atoms with Crippen LogP contribution in [0.15, 0.2) is 66.7 Å². The molecule has 1 amide bonds. The van der Waals surface area contributed by atoms with Crippen molar-refractivity contribution in [3.8, 4) is 11.5 Å². The molecule has 156 valence electrons. The first-order valence-electron chi connectivity index (χ1n) is 9.41. The van der Waals surface area contributed by atoms with Crippen molar-refractivity contribution in [2.45, 2.75) is 13.2 Å². The maximum atomic E-state index is 14.1. The minimum Gasteiger partial charge on any atom is -0.504 e. The molecular weight excluding hydrogens is 407 g/mol. The summed E-state index contributed by atoms with van der Waals surface area (Å²) in [5.74, 6) is -0.754. The molecule has 0 aromatic heterocycles. The summed E-state index contributed by atoms with van der Waals surface area (Å²) >= 11 is 5.79. The molecule has 7 heteroatoms. The van der Waals surface area contributed by atoms with Crippen molar-refractivity contribution in [1.82, 2.24) is 4.90 Å². The van der Waals surface area contributed by atoms with Crippen molar-refractivity contribution >= 4 is 17.5 Å². The van der Waals surface area contributed by atoms with E-state index >= 15 is 0 Å². The molecule has 0 aliphatic heterocycles. The Balaban J connectivity index is 1.73. The van der Waals surface area contributed by atoms with E-state index in [2.05, 4.69) is 0 Å². The molecule has 0 fully saturated rings. The number of carbonyl (C=O) groups is 1. The molecule has 0 spiro atoms. The van der Waals surface area contributed by atoms with Gasteiger partial charge in [-0.2, -0.15) is 0 Å². The molecule has 0 saturated carbocycles. The smallest absolute Gasteiger partial charge is 0.254 e. The number of rotatable bonds is 8. The summed E-state index contributed by atoms with van der Waals surface area (Å²) < 4.78 is 19.8. The maximum Gasteiger partial charge on any atom is 0.254 e. The number of hydrogen-bond acceptors (Lipinski definition) is 4. The Kier molecular flexibility index (Phi) is 7.27. The number of phenols is 1. The topological polar surface area (TPSA) is 75.8 Å². The van der Waals surface area contributed by atoms with Gasteiger partial charge in [0, 0.05) is 35.8 Å². The number of halogens is 2. The number of ether oxygens (including phenoxy) is 1. The van der Waals surface area contributed by atoms with E-state index in [1.54, 1.807) is 12.1 Å². The molecular formula is C23H22ClFN2O3. The van der Waals surface area contributed by atoms with Crippen LogP contribution in [-0.2, 0) is 13.2 Å². The fraction of sp³-hybridized carbons (Fsp3) is 0.174. The SMILES string of the molecule is NCCN(Cc1ccc(Cl)cc1F)C(=O)c1ccc(OCc2ccccc2)c(O)c1. The highest BCUT2D eigenvalue weighted by molar-refractivity contribution is 6.30. The maximum absolute atomic E-state index is 14.1. The number of aromatic hydroxyl groups is 1. The summed E-state index contributed by atoms with van der Waals surface area (Å²) in [6.45, 7) is 0.766. The summed E-state index contributed by atoms with van der Waals surface area (Å²) in [5.41, 5.74) is 7.17. The fourth-order valence-electron chi connectivity index (χ4n) is 2.95. The van der Waals surface area contributed by atoms with E-state index in [0.29, 0.717) is 5.56 Å². The lowest BCUT2D eigenvalue weighted by Crippen LogP contribution is -2.35. The molecule has 0 saturated heterocycles. The minimum atomic E-state index is -0.496. The van der Waals surface area contributed by atoms with Gasteiger partial charge in [-0.1, -0.05) is 48.0 Å². The van der Waals surface area contributed by atoms with E-state index in [9.17, 15) is 14.3 Å². The molecule has 30 heavy (non-hydrogen) atoms. The van der Waals surface area contributed by atoms with Crippen LogP contribution in [0.5, 0.6) is 11.5 Å². The van der Waals surface area contributed by atoms with Crippen molar-refractivity contribution in [1.29, 1.82) is 0 Å². The summed E-state index contributed by atoms with van der Waals surface area (Å²) in [7, 11) is 0. The molecule has 0 atom stereocenters. The van der Waals surface area contributed by atoms with Crippen LogP contribution in [0.3, 0.4) is 0 Å².